The smallest absolute Gasteiger partial charge is 0.320 e. The highest BCUT2D eigenvalue weighted by molar-refractivity contribution is 5.72. The molecule has 2 unspecified atom stereocenters. The molecule has 0 aromatic heterocycles. The lowest BCUT2D eigenvalue weighted by Crippen LogP contribution is -2.29. The Hall–Kier alpha value is -1.09. The minimum Gasteiger partial charge on any atom is -0.480 e. The van der Waals surface area contributed by atoms with Crippen molar-refractivity contribution in [3.8, 4) is 11.8 Å². The third-order valence-electron chi connectivity index (χ3n) is 4.34. The topological polar surface area (TPSA) is 110 Å². The molecule has 2 aliphatic rings. The number of carboxylic acids is 1. The maximum atomic E-state index is 10.1. The summed E-state index contributed by atoms with van der Waals surface area (Å²) in [6, 6.07) is -0.716. The monoisotopic (exact) mass is 296 g/mol. The van der Waals surface area contributed by atoms with Gasteiger partial charge in [-0.15, -0.1) is 11.8 Å². The second kappa shape index (κ2) is 9.78. The lowest BCUT2D eigenvalue weighted by molar-refractivity contribution is -0.138. The van der Waals surface area contributed by atoms with Crippen LogP contribution in [0.3, 0.4) is 0 Å². The first-order valence-corrected chi connectivity index (χ1v) is 7.86. The predicted molar refractivity (Wildman–Crippen MR) is 82.3 cm³/mol. The summed E-state index contributed by atoms with van der Waals surface area (Å²) >= 11 is 0. The molecule has 2 aliphatic carbocycles. The fourth-order valence-corrected chi connectivity index (χ4v) is 2.94. The van der Waals surface area contributed by atoms with E-state index in [1.807, 2.05) is 0 Å². The summed E-state index contributed by atoms with van der Waals surface area (Å²) in [5.74, 6) is 7.63. The molecular weight excluding hydrogens is 268 g/mol. The Morgan fingerprint density at radius 3 is 2.19 bits per heavy atom. The number of hydrogen-bond donors (Lipinski definition) is 4. The van der Waals surface area contributed by atoms with Crippen molar-refractivity contribution in [3.05, 3.63) is 0 Å². The lowest BCUT2D eigenvalue weighted by Gasteiger charge is -2.03. The van der Waals surface area contributed by atoms with Crippen LogP contribution in [-0.4, -0.2) is 35.4 Å². The first-order chi connectivity index (χ1) is 10.1. The number of aliphatic hydroxyl groups is 1. The molecule has 0 aromatic rings. The van der Waals surface area contributed by atoms with Crippen molar-refractivity contribution in [1.29, 1.82) is 0 Å². The quantitative estimate of drug-likeness (QED) is 0.431. The summed E-state index contributed by atoms with van der Waals surface area (Å²) in [5, 5.41) is 17.3. The second-order valence-corrected chi connectivity index (χ2v) is 5.83. The van der Waals surface area contributed by atoms with E-state index >= 15 is 0 Å². The number of carbonyl (C=O) groups is 1. The molecule has 0 spiro atoms. The van der Waals surface area contributed by atoms with E-state index < -0.39 is 12.0 Å². The summed E-state index contributed by atoms with van der Waals surface area (Å²) in [6.45, 7) is 1.00. The van der Waals surface area contributed by atoms with E-state index in [-0.39, 0.29) is 0 Å². The van der Waals surface area contributed by atoms with Crippen molar-refractivity contribution in [1.82, 2.24) is 0 Å². The van der Waals surface area contributed by atoms with Gasteiger partial charge in [0.05, 0.1) is 0 Å². The highest BCUT2D eigenvalue weighted by Crippen LogP contribution is 2.51. The van der Waals surface area contributed by atoms with Crippen molar-refractivity contribution in [2.75, 3.05) is 13.2 Å². The van der Waals surface area contributed by atoms with E-state index in [9.17, 15) is 4.79 Å². The Bertz CT molecular complexity index is 357. The molecule has 0 amide bonds. The Balaban J connectivity index is 0.000000212. The summed E-state index contributed by atoms with van der Waals surface area (Å²) in [4.78, 5) is 10.1. The van der Waals surface area contributed by atoms with Crippen molar-refractivity contribution in [2.45, 2.75) is 51.0 Å². The maximum absolute atomic E-state index is 10.1. The van der Waals surface area contributed by atoms with Crippen LogP contribution in [0.2, 0.25) is 0 Å². The summed E-state index contributed by atoms with van der Waals surface area (Å²) < 4.78 is 0. The zero-order valence-electron chi connectivity index (χ0n) is 12.6. The fraction of sp³-hybridized carbons (Fsp3) is 0.812. The van der Waals surface area contributed by atoms with Crippen molar-refractivity contribution < 1.29 is 15.0 Å². The van der Waals surface area contributed by atoms with Gasteiger partial charge in [0.25, 0.3) is 0 Å². The van der Waals surface area contributed by atoms with E-state index in [2.05, 4.69) is 11.8 Å². The van der Waals surface area contributed by atoms with Gasteiger partial charge >= 0.3 is 5.97 Å². The van der Waals surface area contributed by atoms with Gasteiger partial charge in [0, 0.05) is 19.4 Å². The van der Waals surface area contributed by atoms with Gasteiger partial charge in [0.15, 0.2) is 0 Å². The van der Waals surface area contributed by atoms with Crippen molar-refractivity contribution in [3.63, 3.8) is 0 Å². The number of nitrogens with two attached hydrogens (primary N) is 2. The molecule has 120 valence electrons. The number of aliphatic carboxylic acids is 1. The SMILES string of the molecule is NCCCC[C@H](N)C(=O)O.OCC1C2CCC#CCCC12. The van der Waals surface area contributed by atoms with Crippen LogP contribution in [0.25, 0.3) is 0 Å². The summed E-state index contributed by atoms with van der Waals surface area (Å²) in [5.41, 5.74) is 10.4. The molecule has 21 heavy (non-hydrogen) atoms. The van der Waals surface area contributed by atoms with Gasteiger partial charge < -0.3 is 21.7 Å². The van der Waals surface area contributed by atoms with Crippen LogP contribution >= 0.6 is 0 Å². The third-order valence-corrected chi connectivity index (χ3v) is 4.34. The molecule has 0 aromatic carbocycles. The van der Waals surface area contributed by atoms with E-state index in [0.717, 1.165) is 37.5 Å². The standard InChI is InChI=1S/C10H14O.C6H14N2O2/c11-7-10-8-5-3-1-2-4-6-9(8)10;7-4-2-1-3-5(8)6(9)10/h8-11H,3-7H2;5H,1-4,7-8H2,(H,9,10)/t;5-/m.0/s1. The number of unbranched alkanes of at least 4 members (excludes halogenated alkanes) is 1. The highest BCUT2D eigenvalue weighted by atomic mass is 16.4. The Labute approximate surface area is 127 Å². The van der Waals surface area contributed by atoms with Gasteiger partial charge in [-0.25, -0.2) is 0 Å². The zero-order valence-corrected chi connectivity index (χ0v) is 12.6. The molecule has 1 saturated carbocycles. The predicted octanol–water partition coefficient (Wildman–Crippen LogP) is 0.946. The average molecular weight is 296 g/mol. The van der Waals surface area contributed by atoms with Crippen LogP contribution in [0.4, 0.5) is 0 Å². The molecule has 2 rings (SSSR count). The largest absolute Gasteiger partial charge is 0.480 e. The maximum Gasteiger partial charge on any atom is 0.320 e. The number of hydrogen-bond acceptors (Lipinski definition) is 4. The molecule has 5 heteroatoms. The molecule has 3 atom stereocenters. The van der Waals surface area contributed by atoms with E-state index in [1.165, 1.54) is 12.8 Å². The lowest BCUT2D eigenvalue weighted by atomic mass is 10.1. The van der Waals surface area contributed by atoms with Crippen LogP contribution in [0.1, 0.15) is 44.9 Å². The minimum atomic E-state index is -0.933. The molecule has 0 heterocycles. The molecule has 0 saturated heterocycles. The fourth-order valence-electron chi connectivity index (χ4n) is 2.94. The minimum absolute atomic E-state index is 0.398. The number of aliphatic hydroxyl groups excluding tert-OH is 1. The van der Waals surface area contributed by atoms with Crippen LogP contribution < -0.4 is 11.5 Å². The number of fused-ring (bicyclic) bond motifs is 1. The second-order valence-electron chi connectivity index (χ2n) is 5.83. The van der Waals surface area contributed by atoms with Gasteiger partial charge in [0.2, 0.25) is 0 Å². The van der Waals surface area contributed by atoms with Crippen LogP contribution in [0.15, 0.2) is 0 Å². The highest BCUT2D eigenvalue weighted by Gasteiger charge is 2.47. The summed E-state index contributed by atoms with van der Waals surface area (Å²) in [6.07, 6.45) is 6.72. The Kier molecular flexibility index (Phi) is 8.36. The van der Waals surface area contributed by atoms with E-state index in [0.29, 0.717) is 25.5 Å². The van der Waals surface area contributed by atoms with Gasteiger partial charge in [-0.1, -0.05) is 6.42 Å². The van der Waals surface area contributed by atoms with E-state index in [4.69, 9.17) is 21.7 Å². The summed E-state index contributed by atoms with van der Waals surface area (Å²) in [7, 11) is 0. The van der Waals surface area contributed by atoms with Gasteiger partial charge in [-0.2, -0.15) is 0 Å². The first-order valence-electron chi connectivity index (χ1n) is 7.86. The van der Waals surface area contributed by atoms with Crippen LogP contribution in [0.5, 0.6) is 0 Å². The Morgan fingerprint density at radius 2 is 1.76 bits per heavy atom. The Morgan fingerprint density at radius 1 is 1.19 bits per heavy atom. The molecule has 1 fully saturated rings. The molecule has 5 nitrogen and oxygen atoms in total. The zero-order chi connectivity index (χ0) is 15.7. The van der Waals surface area contributed by atoms with Crippen molar-refractivity contribution in [2.24, 2.45) is 29.2 Å². The van der Waals surface area contributed by atoms with Gasteiger partial charge in [-0.05, 0) is 50.0 Å². The molecule has 0 bridgehead atoms. The molecule has 0 aliphatic heterocycles. The third kappa shape index (κ3) is 6.47. The van der Waals surface area contributed by atoms with Gasteiger partial charge in [0.1, 0.15) is 6.04 Å². The van der Waals surface area contributed by atoms with Crippen molar-refractivity contribution >= 4 is 5.97 Å². The number of rotatable bonds is 6. The molecule has 6 N–H and O–H groups in total. The molecule has 0 radical (unpaired) electrons. The number of carboxylic acid groups (broad SMARTS) is 1. The van der Waals surface area contributed by atoms with Gasteiger partial charge in [-0.3, -0.25) is 4.79 Å². The normalized spacial score (nSPS) is 27.7. The van der Waals surface area contributed by atoms with Crippen LogP contribution in [0, 0.1) is 29.6 Å². The van der Waals surface area contributed by atoms with E-state index in [1.54, 1.807) is 0 Å². The van der Waals surface area contributed by atoms with Crippen LogP contribution in [-0.2, 0) is 4.79 Å². The first kappa shape index (κ1) is 18.0. The molecular formula is C16H28N2O3. The average Bonchev–Trinajstić information content (AvgIpc) is 3.09.